The molecule has 0 aromatic heterocycles. The minimum Gasteiger partial charge on any atom is -0.462 e. The molecule has 35 heavy (non-hydrogen) atoms. The average Bonchev–Trinajstić information content (AvgIpc) is 2.79. The lowest BCUT2D eigenvalue weighted by Crippen LogP contribution is -2.48. The monoisotopic (exact) mass is 483 g/mol. The topological polar surface area (TPSA) is 108 Å². The second-order valence-corrected chi connectivity index (χ2v) is 9.36. The zero-order chi connectivity index (χ0) is 26.2. The van der Waals surface area contributed by atoms with Crippen LogP contribution in [0.3, 0.4) is 0 Å². The van der Waals surface area contributed by atoms with E-state index in [0.29, 0.717) is 16.7 Å². The number of rotatable bonds is 9. The molecule has 1 amide bonds. The van der Waals surface area contributed by atoms with Gasteiger partial charge in [-0.25, -0.2) is 9.59 Å². The molecule has 0 radical (unpaired) electrons. The lowest BCUT2D eigenvalue weighted by molar-refractivity contribution is -0.161. The molecule has 0 saturated carbocycles. The van der Waals surface area contributed by atoms with E-state index in [4.69, 9.17) is 14.2 Å². The lowest BCUT2D eigenvalue weighted by atomic mass is 9.96. The number of alkyl carbamates (subject to hydrolysis) is 1. The van der Waals surface area contributed by atoms with E-state index in [-0.39, 0.29) is 5.78 Å². The molecule has 0 aliphatic rings. The van der Waals surface area contributed by atoms with Crippen molar-refractivity contribution in [2.75, 3.05) is 6.61 Å². The number of hydrogen-bond donors (Lipinski definition) is 1. The van der Waals surface area contributed by atoms with Crippen LogP contribution in [-0.2, 0) is 23.8 Å². The Bertz CT molecular complexity index is 1040. The fraction of sp³-hybridized carbons (Fsp3) is 0.407. The SMILES string of the molecule is CC(C)OC(=O)N[C@@H](COC(=O)[C@@H](C)c1cccc(C(=O)c2ccccc2)c1)C(=O)OC(C)(C)C. The molecule has 0 aliphatic heterocycles. The maximum Gasteiger partial charge on any atom is 0.408 e. The summed E-state index contributed by atoms with van der Waals surface area (Å²) >= 11 is 0. The summed E-state index contributed by atoms with van der Waals surface area (Å²) in [6, 6.07) is 14.3. The van der Waals surface area contributed by atoms with Crippen LogP contribution in [0.5, 0.6) is 0 Å². The van der Waals surface area contributed by atoms with Crippen LogP contribution in [0, 0.1) is 0 Å². The van der Waals surface area contributed by atoms with Gasteiger partial charge in [0.25, 0.3) is 0 Å². The van der Waals surface area contributed by atoms with Gasteiger partial charge in [0.05, 0.1) is 12.0 Å². The molecule has 0 saturated heterocycles. The first-order chi connectivity index (χ1) is 16.4. The zero-order valence-corrected chi connectivity index (χ0v) is 21.0. The number of hydrogen-bond acceptors (Lipinski definition) is 7. The van der Waals surface area contributed by atoms with Gasteiger partial charge in [0, 0.05) is 11.1 Å². The summed E-state index contributed by atoms with van der Waals surface area (Å²) in [4.78, 5) is 50.1. The van der Waals surface area contributed by atoms with Gasteiger partial charge in [-0.05, 0) is 53.2 Å². The number of carbonyl (C=O) groups is 4. The molecule has 2 aromatic rings. The molecule has 0 spiro atoms. The predicted molar refractivity (Wildman–Crippen MR) is 130 cm³/mol. The summed E-state index contributed by atoms with van der Waals surface area (Å²) in [5.41, 5.74) is 0.762. The van der Waals surface area contributed by atoms with Gasteiger partial charge in [-0.15, -0.1) is 0 Å². The molecule has 2 rings (SSSR count). The highest BCUT2D eigenvalue weighted by Crippen LogP contribution is 2.20. The summed E-state index contributed by atoms with van der Waals surface area (Å²) in [5, 5.41) is 2.39. The number of ether oxygens (including phenoxy) is 3. The van der Waals surface area contributed by atoms with Gasteiger partial charge in [0.15, 0.2) is 11.8 Å². The van der Waals surface area contributed by atoms with Crippen LogP contribution in [-0.4, -0.2) is 48.2 Å². The number of benzene rings is 2. The second-order valence-electron chi connectivity index (χ2n) is 9.36. The number of amides is 1. The number of esters is 2. The molecule has 188 valence electrons. The second kappa shape index (κ2) is 12.1. The van der Waals surface area contributed by atoms with Crippen molar-refractivity contribution in [3.8, 4) is 0 Å². The van der Waals surface area contributed by atoms with Crippen LogP contribution in [0.2, 0.25) is 0 Å². The molecule has 0 unspecified atom stereocenters. The summed E-state index contributed by atoms with van der Waals surface area (Å²) in [6.07, 6.45) is -1.23. The third kappa shape index (κ3) is 8.88. The first-order valence-corrected chi connectivity index (χ1v) is 11.4. The number of nitrogens with one attached hydrogen (secondary N) is 1. The Hall–Kier alpha value is -3.68. The van der Waals surface area contributed by atoms with E-state index < -0.39 is 48.3 Å². The largest absolute Gasteiger partial charge is 0.462 e. The maximum absolute atomic E-state index is 12.8. The first kappa shape index (κ1) is 27.6. The molecule has 0 bridgehead atoms. The van der Waals surface area contributed by atoms with E-state index in [0.717, 1.165) is 0 Å². The summed E-state index contributed by atoms with van der Waals surface area (Å²) in [7, 11) is 0. The third-order valence-corrected chi connectivity index (χ3v) is 4.76. The Morgan fingerprint density at radius 1 is 0.857 bits per heavy atom. The van der Waals surface area contributed by atoms with Crippen LogP contribution in [0.4, 0.5) is 4.79 Å². The van der Waals surface area contributed by atoms with E-state index in [1.807, 2.05) is 6.07 Å². The van der Waals surface area contributed by atoms with Gasteiger partial charge >= 0.3 is 18.0 Å². The molecule has 0 aliphatic carbocycles. The van der Waals surface area contributed by atoms with Crippen LogP contribution in [0.25, 0.3) is 0 Å². The normalized spacial score (nSPS) is 12.9. The fourth-order valence-corrected chi connectivity index (χ4v) is 3.06. The lowest BCUT2D eigenvalue weighted by Gasteiger charge is -2.25. The first-order valence-electron chi connectivity index (χ1n) is 11.4. The molecule has 8 nitrogen and oxygen atoms in total. The van der Waals surface area contributed by atoms with E-state index in [1.54, 1.807) is 90.1 Å². The number of carbonyl (C=O) groups excluding carboxylic acids is 4. The molecule has 1 N–H and O–H groups in total. The summed E-state index contributed by atoms with van der Waals surface area (Å²) < 4.78 is 15.7. The Morgan fingerprint density at radius 3 is 2.09 bits per heavy atom. The Balaban J connectivity index is 2.10. The van der Waals surface area contributed by atoms with Gasteiger partial charge in [-0.1, -0.05) is 48.5 Å². The fourth-order valence-electron chi connectivity index (χ4n) is 3.06. The van der Waals surface area contributed by atoms with Gasteiger partial charge in [0.2, 0.25) is 0 Å². The van der Waals surface area contributed by atoms with E-state index in [1.165, 1.54) is 0 Å². The van der Waals surface area contributed by atoms with E-state index in [9.17, 15) is 19.2 Å². The highest BCUT2D eigenvalue weighted by Gasteiger charge is 2.30. The Labute approximate surface area is 205 Å². The molecule has 8 heteroatoms. The van der Waals surface area contributed by atoms with E-state index in [2.05, 4.69) is 5.32 Å². The maximum atomic E-state index is 12.8. The minimum atomic E-state index is -1.25. The van der Waals surface area contributed by atoms with E-state index >= 15 is 0 Å². The molecule has 0 fully saturated rings. The van der Waals surface area contributed by atoms with Gasteiger partial charge in [0.1, 0.15) is 12.2 Å². The van der Waals surface area contributed by atoms with Gasteiger partial charge in [-0.3, -0.25) is 9.59 Å². The van der Waals surface area contributed by atoms with Crippen molar-refractivity contribution in [2.45, 2.75) is 65.2 Å². The molecule has 2 aromatic carbocycles. The van der Waals surface area contributed by atoms with Crippen molar-refractivity contribution in [3.05, 3.63) is 71.3 Å². The van der Waals surface area contributed by atoms with Gasteiger partial charge in [-0.2, -0.15) is 0 Å². The molecule has 0 heterocycles. The third-order valence-electron chi connectivity index (χ3n) is 4.76. The minimum absolute atomic E-state index is 0.161. The number of ketones is 1. The summed E-state index contributed by atoms with van der Waals surface area (Å²) in [6.45, 7) is 9.59. The van der Waals surface area contributed by atoms with Crippen molar-refractivity contribution in [2.24, 2.45) is 0 Å². The standard InChI is InChI=1S/C27H33NO7/c1-17(2)34-26(32)28-22(25(31)35-27(4,5)6)16-33-24(30)18(3)20-13-10-14-21(15-20)23(29)19-11-8-7-9-12-19/h7-15,17-18,22H,16H2,1-6H3,(H,28,32)/t18-,22-/m0/s1. The van der Waals surface area contributed by atoms with Crippen LogP contribution in [0.1, 0.15) is 68.9 Å². The van der Waals surface area contributed by atoms with Crippen molar-refractivity contribution >= 4 is 23.8 Å². The highest BCUT2D eigenvalue weighted by molar-refractivity contribution is 6.09. The van der Waals surface area contributed by atoms with Crippen molar-refractivity contribution in [1.29, 1.82) is 0 Å². The van der Waals surface area contributed by atoms with Crippen molar-refractivity contribution in [1.82, 2.24) is 5.32 Å². The highest BCUT2D eigenvalue weighted by atomic mass is 16.6. The van der Waals surface area contributed by atoms with Crippen LogP contribution in [0.15, 0.2) is 54.6 Å². The Morgan fingerprint density at radius 2 is 1.49 bits per heavy atom. The molecular weight excluding hydrogens is 450 g/mol. The quantitative estimate of drug-likeness (QED) is 0.320. The Kier molecular flexibility index (Phi) is 9.57. The van der Waals surface area contributed by atoms with Crippen molar-refractivity contribution < 1.29 is 33.4 Å². The van der Waals surface area contributed by atoms with Crippen LogP contribution < -0.4 is 5.32 Å². The van der Waals surface area contributed by atoms with Crippen molar-refractivity contribution in [3.63, 3.8) is 0 Å². The zero-order valence-electron chi connectivity index (χ0n) is 21.0. The smallest absolute Gasteiger partial charge is 0.408 e. The molecule has 2 atom stereocenters. The average molecular weight is 484 g/mol. The molecular formula is C27H33NO7. The predicted octanol–water partition coefficient (Wildman–Crippen LogP) is 4.41. The van der Waals surface area contributed by atoms with Crippen LogP contribution >= 0.6 is 0 Å². The van der Waals surface area contributed by atoms with Gasteiger partial charge < -0.3 is 19.5 Å². The summed E-state index contributed by atoms with van der Waals surface area (Å²) in [5.74, 6) is -2.26.